The molecule has 1 aromatic carbocycles. The molecule has 1 heterocycles. The summed E-state index contributed by atoms with van der Waals surface area (Å²) in [6.07, 6.45) is 3.20. The van der Waals surface area contributed by atoms with Crippen molar-refractivity contribution in [1.29, 1.82) is 0 Å². The molecular weight excluding hydrogens is 276 g/mol. The van der Waals surface area contributed by atoms with Gasteiger partial charge in [-0.2, -0.15) is 0 Å². The third-order valence-electron chi connectivity index (χ3n) is 2.96. The fourth-order valence-electron chi connectivity index (χ4n) is 1.85. The largest absolute Gasteiger partial charge is 0.467 e. The second-order valence-electron chi connectivity index (χ2n) is 4.49. The van der Waals surface area contributed by atoms with Crippen molar-refractivity contribution in [2.45, 2.75) is 19.4 Å². The lowest BCUT2D eigenvalue weighted by Crippen LogP contribution is -2.24. The number of amides is 1. The first-order valence-corrected chi connectivity index (χ1v) is 6.87. The summed E-state index contributed by atoms with van der Waals surface area (Å²) in [5.41, 5.74) is 7.14. The zero-order chi connectivity index (χ0) is 14.4. The SMILES string of the molecule is NCc1cc(C(=O)NCCCc2ccc(Cl)cc2)co1. The second kappa shape index (κ2) is 7.12. The zero-order valence-corrected chi connectivity index (χ0v) is 11.8. The highest BCUT2D eigenvalue weighted by atomic mass is 35.5. The van der Waals surface area contributed by atoms with E-state index in [0.29, 0.717) is 24.4 Å². The van der Waals surface area contributed by atoms with E-state index in [9.17, 15) is 4.79 Å². The first kappa shape index (κ1) is 14.6. The summed E-state index contributed by atoms with van der Waals surface area (Å²) in [5, 5.41) is 3.59. The van der Waals surface area contributed by atoms with E-state index in [4.69, 9.17) is 21.8 Å². The van der Waals surface area contributed by atoms with Gasteiger partial charge in [0.1, 0.15) is 12.0 Å². The normalized spacial score (nSPS) is 10.5. The Labute approximate surface area is 122 Å². The molecule has 106 valence electrons. The maximum atomic E-state index is 11.8. The van der Waals surface area contributed by atoms with Gasteiger partial charge in [-0.3, -0.25) is 4.79 Å². The van der Waals surface area contributed by atoms with E-state index in [1.54, 1.807) is 6.07 Å². The van der Waals surface area contributed by atoms with Gasteiger partial charge in [-0.1, -0.05) is 23.7 Å². The highest BCUT2D eigenvalue weighted by Crippen LogP contribution is 2.11. The van der Waals surface area contributed by atoms with Gasteiger partial charge >= 0.3 is 0 Å². The molecule has 20 heavy (non-hydrogen) atoms. The van der Waals surface area contributed by atoms with Crippen molar-refractivity contribution in [2.75, 3.05) is 6.54 Å². The molecule has 2 aromatic rings. The standard InChI is InChI=1S/C15H17ClN2O2/c16-13-5-3-11(4-6-13)2-1-7-18-15(19)12-8-14(9-17)20-10-12/h3-6,8,10H,1-2,7,9,17H2,(H,18,19). The van der Waals surface area contributed by atoms with E-state index >= 15 is 0 Å². The van der Waals surface area contributed by atoms with E-state index in [-0.39, 0.29) is 5.91 Å². The number of carbonyl (C=O) groups excluding carboxylic acids is 1. The van der Waals surface area contributed by atoms with Crippen molar-refractivity contribution in [2.24, 2.45) is 5.73 Å². The molecule has 0 unspecified atom stereocenters. The Bertz CT molecular complexity index is 564. The van der Waals surface area contributed by atoms with Crippen LogP contribution in [-0.2, 0) is 13.0 Å². The van der Waals surface area contributed by atoms with Crippen molar-refractivity contribution < 1.29 is 9.21 Å². The predicted molar refractivity (Wildman–Crippen MR) is 78.7 cm³/mol. The average Bonchev–Trinajstić information content (AvgIpc) is 2.94. The van der Waals surface area contributed by atoms with Crippen molar-refractivity contribution in [3.8, 4) is 0 Å². The van der Waals surface area contributed by atoms with Crippen LogP contribution in [0.4, 0.5) is 0 Å². The van der Waals surface area contributed by atoms with E-state index in [0.717, 1.165) is 17.9 Å². The molecule has 0 aliphatic rings. The van der Waals surface area contributed by atoms with Gasteiger partial charge in [0, 0.05) is 11.6 Å². The Morgan fingerprint density at radius 2 is 2.05 bits per heavy atom. The van der Waals surface area contributed by atoms with Crippen LogP contribution in [0.15, 0.2) is 41.0 Å². The van der Waals surface area contributed by atoms with Crippen LogP contribution in [-0.4, -0.2) is 12.5 Å². The Kier molecular flexibility index (Phi) is 5.21. The lowest BCUT2D eigenvalue weighted by molar-refractivity contribution is 0.0952. The van der Waals surface area contributed by atoms with Crippen molar-refractivity contribution in [1.82, 2.24) is 5.32 Å². The lowest BCUT2D eigenvalue weighted by atomic mass is 10.1. The molecule has 0 radical (unpaired) electrons. The minimum Gasteiger partial charge on any atom is -0.467 e. The summed E-state index contributed by atoms with van der Waals surface area (Å²) in [7, 11) is 0. The first-order valence-electron chi connectivity index (χ1n) is 6.49. The molecular formula is C15H17ClN2O2. The third kappa shape index (κ3) is 4.11. The second-order valence-corrected chi connectivity index (χ2v) is 4.93. The van der Waals surface area contributed by atoms with E-state index in [1.807, 2.05) is 24.3 Å². The number of benzene rings is 1. The molecule has 0 fully saturated rings. The number of nitrogens with two attached hydrogens (primary N) is 1. The molecule has 4 nitrogen and oxygen atoms in total. The van der Waals surface area contributed by atoms with Gasteiger partial charge in [-0.15, -0.1) is 0 Å². The van der Waals surface area contributed by atoms with Gasteiger partial charge in [0.05, 0.1) is 12.1 Å². The topological polar surface area (TPSA) is 68.3 Å². The van der Waals surface area contributed by atoms with E-state index in [1.165, 1.54) is 11.8 Å². The summed E-state index contributed by atoms with van der Waals surface area (Å²) < 4.78 is 5.12. The van der Waals surface area contributed by atoms with Crippen LogP contribution in [0.3, 0.4) is 0 Å². The van der Waals surface area contributed by atoms with Gasteiger partial charge in [-0.05, 0) is 36.6 Å². The first-order chi connectivity index (χ1) is 9.69. The van der Waals surface area contributed by atoms with Crippen LogP contribution in [0.2, 0.25) is 5.02 Å². The molecule has 1 amide bonds. The van der Waals surface area contributed by atoms with Crippen LogP contribution >= 0.6 is 11.6 Å². The quantitative estimate of drug-likeness (QED) is 0.805. The number of carbonyl (C=O) groups is 1. The van der Waals surface area contributed by atoms with Crippen LogP contribution in [0.25, 0.3) is 0 Å². The van der Waals surface area contributed by atoms with Crippen LogP contribution in [0, 0.1) is 0 Å². The number of rotatable bonds is 6. The summed E-state index contributed by atoms with van der Waals surface area (Å²) in [6, 6.07) is 9.39. The van der Waals surface area contributed by atoms with Crippen molar-refractivity contribution in [3.05, 3.63) is 58.5 Å². The average molecular weight is 293 g/mol. The predicted octanol–water partition coefficient (Wildman–Crippen LogP) is 2.75. The number of hydrogen-bond acceptors (Lipinski definition) is 3. The summed E-state index contributed by atoms with van der Waals surface area (Å²) in [5.74, 6) is 0.473. The highest BCUT2D eigenvalue weighted by Gasteiger charge is 2.08. The van der Waals surface area contributed by atoms with Gasteiger partial charge in [0.25, 0.3) is 5.91 Å². The van der Waals surface area contributed by atoms with Crippen LogP contribution < -0.4 is 11.1 Å². The smallest absolute Gasteiger partial charge is 0.254 e. The molecule has 3 N–H and O–H groups in total. The van der Waals surface area contributed by atoms with Crippen molar-refractivity contribution in [3.63, 3.8) is 0 Å². The van der Waals surface area contributed by atoms with Crippen LogP contribution in [0.5, 0.6) is 0 Å². The Hall–Kier alpha value is -1.78. The minimum atomic E-state index is -0.135. The fraction of sp³-hybridized carbons (Fsp3) is 0.267. The Morgan fingerprint density at radius 1 is 1.30 bits per heavy atom. The summed E-state index contributed by atoms with van der Waals surface area (Å²) >= 11 is 5.82. The Morgan fingerprint density at radius 3 is 2.70 bits per heavy atom. The third-order valence-corrected chi connectivity index (χ3v) is 3.21. The van der Waals surface area contributed by atoms with Gasteiger partial charge in [-0.25, -0.2) is 0 Å². The van der Waals surface area contributed by atoms with Crippen molar-refractivity contribution >= 4 is 17.5 Å². The monoisotopic (exact) mass is 292 g/mol. The molecule has 0 bridgehead atoms. The number of hydrogen-bond donors (Lipinski definition) is 2. The molecule has 0 spiro atoms. The summed E-state index contributed by atoms with van der Waals surface area (Å²) in [6.45, 7) is 0.911. The van der Waals surface area contributed by atoms with E-state index < -0.39 is 0 Å². The van der Waals surface area contributed by atoms with Gasteiger partial charge < -0.3 is 15.5 Å². The number of halogens is 1. The molecule has 0 saturated heterocycles. The van der Waals surface area contributed by atoms with Crippen LogP contribution in [0.1, 0.15) is 28.1 Å². The highest BCUT2D eigenvalue weighted by molar-refractivity contribution is 6.30. The lowest BCUT2D eigenvalue weighted by Gasteiger charge is -2.04. The Balaban J connectivity index is 1.72. The molecule has 0 atom stereocenters. The number of furan rings is 1. The number of nitrogens with one attached hydrogen (secondary N) is 1. The fourth-order valence-corrected chi connectivity index (χ4v) is 1.98. The zero-order valence-electron chi connectivity index (χ0n) is 11.1. The molecule has 1 aromatic heterocycles. The number of aryl methyl sites for hydroxylation is 1. The minimum absolute atomic E-state index is 0.135. The maximum absolute atomic E-state index is 11.8. The molecule has 0 aliphatic carbocycles. The molecule has 2 rings (SSSR count). The molecule has 0 aliphatic heterocycles. The van der Waals surface area contributed by atoms with Gasteiger partial charge in [0.15, 0.2) is 0 Å². The maximum Gasteiger partial charge on any atom is 0.254 e. The van der Waals surface area contributed by atoms with E-state index in [2.05, 4.69) is 5.32 Å². The summed E-state index contributed by atoms with van der Waals surface area (Å²) in [4.78, 5) is 11.8. The molecule has 0 saturated carbocycles. The van der Waals surface area contributed by atoms with Gasteiger partial charge in [0.2, 0.25) is 0 Å². The molecule has 5 heteroatoms.